The Bertz CT molecular complexity index is 508. The van der Waals surface area contributed by atoms with E-state index in [1.807, 2.05) is 12.3 Å². The molecule has 0 saturated carbocycles. The summed E-state index contributed by atoms with van der Waals surface area (Å²) in [5.41, 5.74) is 6.00. The number of hydrogen-bond donors (Lipinski definition) is 3. The monoisotopic (exact) mass is 288 g/mol. The fraction of sp³-hybridized carbons (Fsp3) is 0.562. The predicted octanol–water partition coefficient (Wildman–Crippen LogP) is 1.38. The third-order valence-electron chi connectivity index (χ3n) is 4.37. The van der Waals surface area contributed by atoms with Crippen LogP contribution in [0.25, 0.3) is 0 Å². The van der Waals surface area contributed by atoms with Crippen LogP contribution < -0.4 is 16.1 Å². The number of rotatable bonds is 4. The van der Waals surface area contributed by atoms with Gasteiger partial charge in [-0.05, 0) is 36.8 Å². The first-order valence-electron chi connectivity index (χ1n) is 7.85. The molecule has 3 N–H and O–H groups in total. The van der Waals surface area contributed by atoms with Gasteiger partial charge in [0.2, 0.25) is 5.91 Å². The Morgan fingerprint density at radius 2 is 2.33 bits per heavy atom. The van der Waals surface area contributed by atoms with Crippen molar-refractivity contribution in [1.82, 2.24) is 21.1 Å². The molecule has 1 fully saturated rings. The highest BCUT2D eigenvalue weighted by atomic mass is 16.1. The quantitative estimate of drug-likeness (QED) is 0.684. The maximum atomic E-state index is 11.8. The van der Waals surface area contributed by atoms with Crippen LogP contribution in [-0.4, -0.2) is 29.7 Å². The summed E-state index contributed by atoms with van der Waals surface area (Å²) in [4.78, 5) is 11.8. The molecule has 5 nitrogen and oxygen atoms in total. The van der Waals surface area contributed by atoms with Crippen molar-refractivity contribution in [3.05, 3.63) is 35.7 Å². The second-order valence-electron chi connectivity index (χ2n) is 5.98. The van der Waals surface area contributed by atoms with E-state index in [1.165, 1.54) is 17.6 Å². The van der Waals surface area contributed by atoms with Crippen molar-refractivity contribution in [2.24, 2.45) is 5.92 Å². The van der Waals surface area contributed by atoms with E-state index in [0.29, 0.717) is 12.3 Å². The van der Waals surface area contributed by atoms with Crippen LogP contribution in [0.2, 0.25) is 0 Å². The van der Waals surface area contributed by atoms with Gasteiger partial charge in [0.15, 0.2) is 0 Å². The number of nitrogens with one attached hydrogen (secondary N) is 3. The average Bonchev–Trinajstić information content (AvgIpc) is 2.46. The molecule has 3 aliphatic heterocycles. The van der Waals surface area contributed by atoms with E-state index in [2.05, 4.69) is 47.2 Å². The second kappa shape index (κ2) is 5.93. The minimum Gasteiger partial charge on any atom is -0.367 e. The second-order valence-corrected chi connectivity index (χ2v) is 5.98. The molecule has 21 heavy (non-hydrogen) atoms. The first-order valence-corrected chi connectivity index (χ1v) is 7.85. The maximum absolute atomic E-state index is 11.8. The van der Waals surface area contributed by atoms with Crippen molar-refractivity contribution < 1.29 is 4.79 Å². The number of dihydropyridines is 1. The molecule has 0 spiro atoms. The van der Waals surface area contributed by atoms with Gasteiger partial charge in [-0.3, -0.25) is 9.80 Å². The van der Waals surface area contributed by atoms with E-state index in [-0.39, 0.29) is 18.1 Å². The van der Waals surface area contributed by atoms with Gasteiger partial charge in [0, 0.05) is 24.7 Å². The van der Waals surface area contributed by atoms with Crippen molar-refractivity contribution in [2.75, 3.05) is 6.54 Å². The molecule has 0 aromatic carbocycles. The van der Waals surface area contributed by atoms with Gasteiger partial charge in [0.1, 0.15) is 6.17 Å². The van der Waals surface area contributed by atoms with Crippen LogP contribution in [0.3, 0.4) is 0 Å². The van der Waals surface area contributed by atoms with Crippen molar-refractivity contribution >= 4 is 5.91 Å². The number of fused-ring (bicyclic) bond motifs is 3. The van der Waals surface area contributed by atoms with Crippen molar-refractivity contribution in [1.29, 1.82) is 0 Å². The first kappa shape index (κ1) is 14.2. The molecule has 3 atom stereocenters. The van der Waals surface area contributed by atoms with Crippen LogP contribution in [0, 0.1) is 5.92 Å². The highest BCUT2D eigenvalue weighted by molar-refractivity contribution is 5.81. The number of hydrogen-bond acceptors (Lipinski definition) is 4. The Kier molecular flexibility index (Phi) is 4.01. The number of piperidine rings is 1. The Labute approximate surface area is 126 Å². The topological polar surface area (TPSA) is 56.4 Å². The van der Waals surface area contributed by atoms with Gasteiger partial charge in [-0.1, -0.05) is 19.4 Å². The molecule has 114 valence electrons. The third kappa shape index (κ3) is 2.70. The van der Waals surface area contributed by atoms with E-state index < -0.39 is 0 Å². The van der Waals surface area contributed by atoms with E-state index in [4.69, 9.17) is 0 Å². The van der Waals surface area contributed by atoms with Gasteiger partial charge in [0.25, 0.3) is 0 Å². The SMILES string of the molecule is CCCCNN1C=C2CC(=O)NC(C)C2C2=CC=CNC21. The molecule has 0 radical (unpaired) electrons. The number of unbranched alkanes of at least 4 members (excludes halogenated alkanes) is 1. The average molecular weight is 288 g/mol. The summed E-state index contributed by atoms with van der Waals surface area (Å²) in [6, 6.07) is 0.150. The molecular formula is C16H24N4O. The molecule has 5 heteroatoms. The minimum absolute atomic E-state index is 0.122. The molecule has 0 aromatic heterocycles. The highest BCUT2D eigenvalue weighted by Crippen LogP contribution is 2.37. The first-order chi connectivity index (χ1) is 10.2. The Balaban J connectivity index is 1.87. The summed E-state index contributed by atoms with van der Waals surface area (Å²) in [5, 5.41) is 8.61. The van der Waals surface area contributed by atoms with Crippen LogP contribution in [0.5, 0.6) is 0 Å². The molecule has 3 heterocycles. The lowest BCUT2D eigenvalue weighted by Gasteiger charge is -2.46. The zero-order valence-electron chi connectivity index (χ0n) is 12.7. The normalized spacial score (nSPS) is 30.7. The Morgan fingerprint density at radius 3 is 3.14 bits per heavy atom. The zero-order chi connectivity index (χ0) is 14.8. The van der Waals surface area contributed by atoms with E-state index >= 15 is 0 Å². The molecule has 0 aromatic rings. The van der Waals surface area contributed by atoms with Gasteiger partial charge in [0.05, 0.1) is 6.42 Å². The summed E-state index contributed by atoms with van der Waals surface area (Å²) in [5.74, 6) is 0.422. The van der Waals surface area contributed by atoms with Crippen molar-refractivity contribution in [3.63, 3.8) is 0 Å². The number of amides is 1. The maximum Gasteiger partial charge on any atom is 0.224 e. The molecule has 0 aliphatic carbocycles. The molecule has 3 unspecified atom stereocenters. The Morgan fingerprint density at radius 1 is 1.48 bits per heavy atom. The highest BCUT2D eigenvalue weighted by Gasteiger charge is 2.40. The van der Waals surface area contributed by atoms with Gasteiger partial charge < -0.3 is 10.6 Å². The van der Waals surface area contributed by atoms with E-state index in [9.17, 15) is 4.79 Å². The number of nitrogens with zero attached hydrogens (tertiary/aromatic N) is 1. The van der Waals surface area contributed by atoms with Crippen LogP contribution in [-0.2, 0) is 4.79 Å². The lowest BCUT2D eigenvalue weighted by molar-refractivity contribution is -0.122. The number of carbonyl (C=O) groups is 1. The minimum atomic E-state index is 0.122. The van der Waals surface area contributed by atoms with Gasteiger partial charge in [-0.2, -0.15) is 0 Å². The molecule has 1 amide bonds. The van der Waals surface area contributed by atoms with E-state index in [0.717, 1.165) is 13.0 Å². The molecule has 1 saturated heterocycles. The van der Waals surface area contributed by atoms with Crippen LogP contribution in [0.1, 0.15) is 33.1 Å². The van der Waals surface area contributed by atoms with Gasteiger partial charge >= 0.3 is 0 Å². The fourth-order valence-electron chi connectivity index (χ4n) is 3.42. The zero-order valence-corrected chi connectivity index (χ0v) is 12.7. The third-order valence-corrected chi connectivity index (χ3v) is 4.37. The summed E-state index contributed by atoms with van der Waals surface area (Å²) in [6.45, 7) is 5.22. The molecule has 3 rings (SSSR count). The lowest BCUT2D eigenvalue weighted by Crippen LogP contribution is -2.58. The summed E-state index contributed by atoms with van der Waals surface area (Å²) >= 11 is 0. The largest absolute Gasteiger partial charge is 0.367 e. The fourth-order valence-corrected chi connectivity index (χ4v) is 3.42. The van der Waals surface area contributed by atoms with Crippen LogP contribution in [0.15, 0.2) is 35.7 Å². The van der Waals surface area contributed by atoms with Crippen molar-refractivity contribution in [3.8, 4) is 0 Å². The number of allylic oxidation sites excluding steroid dienone is 2. The summed E-state index contributed by atoms with van der Waals surface area (Å²) < 4.78 is 0. The summed E-state index contributed by atoms with van der Waals surface area (Å²) in [6.07, 6.45) is 11.3. The lowest BCUT2D eigenvalue weighted by atomic mass is 9.77. The van der Waals surface area contributed by atoms with E-state index in [1.54, 1.807) is 0 Å². The smallest absolute Gasteiger partial charge is 0.224 e. The Hall–Kier alpha value is -1.75. The number of hydrazine groups is 1. The molecular weight excluding hydrogens is 264 g/mol. The predicted molar refractivity (Wildman–Crippen MR) is 82.7 cm³/mol. The van der Waals surface area contributed by atoms with Crippen molar-refractivity contribution in [2.45, 2.75) is 45.3 Å². The number of carbonyl (C=O) groups excluding carboxylic acids is 1. The van der Waals surface area contributed by atoms with Gasteiger partial charge in [-0.15, -0.1) is 0 Å². The standard InChI is InChI=1S/C16H24N4O/c1-3-4-8-18-20-10-12-9-14(21)19-11(2)15(12)13-6-5-7-17-16(13)20/h5-7,10-11,15-18H,3-4,8-9H2,1-2H3,(H,19,21). The molecule has 3 aliphatic rings. The van der Waals surface area contributed by atoms with Crippen LogP contribution >= 0.6 is 0 Å². The van der Waals surface area contributed by atoms with Crippen LogP contribution in [0.4, 0.5) is 0 Å². The summed E-state index contributed by atoms with van der Waals surface area (Å²) in [7, 11) is 0. The van der Waals surface area contributed by atoms with Gasteiger partial charge in [-0.25, -0.2) is 5.43 Å². The molecule has 0 bridgehead atoms.